The molecule has 0 saturated heterocycles. The van der Waals surface area contributed by atoms with E-state index in [1.54, 1.807) is 0 Å². The zero-order valence-corrected chi connectivity index (χ0v) is 17.2. The predicted molar refractivity (Wildman–Crippen MR) is 105 cm³/mol. The van der Waals surface area contributed by atoms with Crippen LogP contribution < -0.4 is 5.32 Å². The van der Waals surface area contributed by atoms with Gasteiger partial charge in [-0.25, -0.2) is 0 Å². The lowest BCUT2D eigenvalue weighted by Gasteiger charge is -2.11. The Morgan fingerprint density at radius 3 is 2.52 bits per heavy atom. The molecule has 0 atom stereocenters. The van der Waals surface area contributed by atoms with E-state index in [0.29, 0.717) is 20.8 Å². The second-order valence-corrected chi connectivity index (χ2v) is 7.89. The van der Waals surface area contributed by atoms with Gasteiger partial charge in [0.05, 0.1) is 26.5 Å². The van der Waals surface area contributed by atoms with Crippen molar-refractivity contribution in [2.75, 3.05) is 11.1 Å². The lowest BCUT2D eigenvalue weighted by atomic mass is 10.2. The van der Waals surface area contributed by atoms with Crippen LogP contribution in [0.1, 0.15) is 38.9 Å². The second kappa shape index (κ2) is 9.12. The Hall–Kier alpha value is -0.950. The minimum absolute atomic E-state index is 0.191. The van der Waals surface area contributed by atoms with E-state index in [1.807, 2.05) is 0 Å². The first-order valence-electron chi connectivity index (χ1n) is 7.83. The van der Waals surface area contributed by atoms with Crippen molar-refractivity contribution in [3.63, 3.8) is 0 Å². The van der Waals surface area contributed by atoms with Gasteiger partial charge >= 0.3 is 0 Å². The summed E-state index contributed by atoms with van der Waals surface area (Å²) in [6.07, 6.45) is 0.969. The zero-order valence-electron chi connectivity index (χ0n) is 14.1. The summed E-state index contributed by atoms with van der Waals surface area (Å²) in [6, 6.07) is 3.03. The molecular formula is C16H19Cl3N4OS. The van der Waals surface area contributed by atoms with E-state index < -0.39 is 0 Å². The van der Waals surface area contributed by atoms with Crippen LogP contribution in [-0.2, 0) is 11.3 Å². The van der Waals surface area contributed by atoms with E-state index in [4.69, 9.17) is 34.8 Å². The van der Waals surface area contributed by atoms with Crippen molar-refractivity contribution in [1.82, 2.24) is 14.8 Å². The van der Waals surface area contributed by atoms with E-state index in [-0.39, 0.29) is 17.6 Å². The summed E-state index contributed by atoms with van der Waals surface area (Å²) in [5.74, 6) is 1.19. The van der Waals surface area contributed by atoms with Gasteiger partial charge in [0.15, 0.2) is 5.16 Å². The topological polar surface area (TPSA) is 59.8 Å². The molecule has 1 aromatic carbocycles. The molecule has 1 N–H and O–H groups in total. The number of rotatable bonds is 7. The maximum atomic E-state index is 12.2. The molecule has 0 aliphatic carbocycles. The van der Waals surface area contributed by atoms with Crippen LogP contribution in [0.4, 0.5) is 5.69 Å². The number of halogens is 3. The van der Waals surface area contributed by atoms with Crippen LogP contribution in [-0.4, -0.2) is 26.4 Å². The first-order valence-corrected chi connectivity index (χ1v) is 9.95. The molecule has 0 radical (unpaired) electrons. The van der Waals surface area contributed by atoms with Crippen molar-refractivity contribution < 1.29 is 4.79 Å². The summed E-state index contributed by atoms with van der Waals surface area (Å²) in [4.78, 5) is 12.2. The van der Waals surface area contributed by atoms with E-state index >= 15 is 0 Å². The van der Waals surface area contributed by atoms with Gasteiger partial charge in [-0.1, -0.05) is 67.3 Å². The molecule has 1 amide bonds. The van der Waals surface area contributed by atoms with Crippen molar-refractivity contribution in [1.29, 1.82) is 0 Å². The van der Waals surface area contributed by atoms with Gasteiger partial charge in [-0.2, -0.15) is 0 Å². The average Bonchev–Trinajstić information content (AvgIpc) is 2.94. The Morgan fingerprint density at radius 1 is 1.20 bits per heavy atom. The highest BCUT2D eigenvalue weighted by molar-refractivity contribution is 7.99. The van der Waals surface area contributed by atoms with E-state index in [2.05, 4.69) is 40.9 Å². The maximum Gasteiger partial charge on any atom is 0.234 e. The van der Waals surface area contributed by atoms with Crippen molar-refractivity contribution in [2.45, 2.75) is 44.8 Å². The van der Waals surface area contributed by atoms with E-state index in [0.717, 1.165) is 23.9 Å². The molecule has 0 aliphatic heterocycles. The number of hydrogen-bond donors (Lipinski definition) is 1. The van der Waals surface area contributed by atoms with E-state index in [1.165, 1.54) is 23.9 Å². The van der Waals surface area contributed by atoms with Crippen LogP contribution >= 0.6 is 46.6 Å². The molecule has 1 aromatic heterocycles. The number of carbonyl (C=O) groups is 1. The summed E-state index contributed by atoms with van der Waals surface area (Å²) >= 11 is 19.3. The number of nitrogens with one attached hydrogen (secondary N) is 1. The zero-order chi connectivity index (χ0) is 18.6. The highest BCUT2D eigenvalue weighted by atomic mass is 35.5. The fourth-order valence-electron chi connectivity index (χ4n) is 2.20. The molecule has 0 saturated carbocycles. The summed E-state index contributed by atoms with van der Waals surface area (Å²) in [5.41, 5.74) is 0.430. The summed E-state index contributed by atoms with van der Waals surface area (Å²) in [5, 5.41) is 12.9. The second-order valence-electron chi connectivity index (χ2n) is 5.73. The summed E-state index contributed by atoms with van der Waals surface area (Å²) < 4.78 is 2.06. The Kier molecular flexibility index (Phi) is 7.43. The number of anilines is 1. The van der Waals surface area contributed by atoms with Crippen LogP contribution in [0.2, 0.25) is 15.1 Å². The quantitative estimate of drug-likeness (QED) is 0.473. The summed E-state index contributed by atoms with van der Waals surface area (Å²) in [6.45, 7) is 7.06. The fraction of sp³-hybridized carbons (Fsp3) is 0.438. The van der Waals surface area contributed by atoms with Crippen LogP contribution in [0.25, 0.3) is 0 Å². The Bertz CT molecular complexity index is 764. The maximum absolute atomic E-state index is 12.2. The SMILES string of the molecule is CCCn1c(SCC(=O)Nc2cc(Cl)c(Cl)cc2Cl)nnc1C(C)C. The smallest absolute Gasteiger partial charge is 0.234 e. The van der Waals surface area contributed by atoms with Crippen LogP contribution in [0, 0.1) is 0 Å². The number of amides is 1. The van der Waals surface area contributed by atoms with Gasteiger partial charge in [0.2, 0.25) is 5.91 Å². The van der Waals surface area contributed by atoms with E-state index in [9.17, 15) is 4.79 Å². The highest BCUT2D eigenvalue weighted by Gasteiger charge is 2.16. The van der Waals surface area contributed by atoms with Gasteiger partial charge in [0.1, 0.15) is 5.82 Å². The first kappa shape index (κ1) is 20.4. The monoisotopic (exact) mass is 420 g/mol. The molecule has 9 heteroatoms. The number of thioether (sulfide) groups is 1. The normalized spacial score (nSPS) is 11.2. The number of aromatic nitrogens is 3. The Labute approximate surface area is 166 Å². The molecule has 25 heavy (non-hydrogen) atoms. The largest absolute Gasteiger partial charge is 0.324 e. The third kappa shape index (κ3) is 5.26. The molecule has 5 nitrogen and oxygen atoms in total. The molecule has 0 bridgehead atoms. The van der Waals surface area contributed by atoms with Gasteiger partial charge < -0.3 is 9.88 Å². The molecule has 2 rings (SSSR count). The molecular weight excluding hydrogens is 403 g/mol. The third-order valence-electron chi connectivity index (χ3n) is 3.33. The van der Waals surface area contributed by atoms with Gasteiger partial charge in [-0.15, -0.1) is 10.2 Å². The summed E-state index contributed by atoms with van der Waals surface area (Å²) in [7, 11) is 0. The number of carbonyl (C=O) groups excluding carboxylic acids is 1. The predicted octanol–water partition coefficient (Wildman–Crippen LogP) is 5.50. The molecule has 1 heterocycles. The van der Waals surface area contributed by atoms with Crippen molar-refractivity contribution in [3.8, 4) is 0 Å². The fourth-order valence-corrected chi connectivity index (χ4v) is 3.57. The van der Waals surface area contributed by atoms with Gasteiger partial charge in [-0.05, 0) is 18.6 Å². The minimum atomic E-state index is -0.206. The van der Waals surface area contributed by atoms with Crippen molar-refractivity contribution >= 4 is 58.2 Å². The van der Waals surface area contributed by atoms with Gasteiger partial charge in [0.25, 0.3) is 0 Å². The van der Waals surface area contributed by atoms with Gasteiger partial charge in [-0.3, -0.25) is 4.79 Å². The molecule has 2 aromatic rings. The number of benzene rings is 1. The molecule has 0 fully saturated rings. The molecule has 0 spiro atoms. The standard InChI is InChI=1S/C16H19Cl3N4OS/c1-4-5-23-15(9(2)3)21-22-16(23)25-8-14(24)20-13-7-11(18)10(17)6-12(13)19/h6-7,9H,4-5,8H2,1-3H3,(H,20,24). The molecule has 136 valence electrons. The van der Waals surface area contributed by atoms with Crippen molar-refractivity contribution in [2.24, 2.45) is 0 Å². The number of nitrogens with zero attached hydrogens (tertiary/aromatic N) is 3. The molecule has 0 unspecified atom stereocenters. The Morgan fingerprint density at radius 2 is 1.88 bits per heavy atom. The average molecular weight is 422 g/mol. The molecule has 0 aliphatic rings. The van der Waals surface area contributed by atoms with Crippen LogP contribution in [0.3, 0.4) is 0 Å². The lowest BCUT2D eigenvalue weighted by Crippen LogP contribution is -2.15. The first-order chi connectivity index (χ1) is 11.8. The van der Waals surface area contributed by atoms with Gasteiger partial charge in [0, 0.05) is 12.5 Å². The number of hydrogen-bond acceptors (Lipinski definition) is 4. The Balaban J connectivity index is 2.04. The minimum Gasteiger partial charge on any atom is -0.324 e. The van der Waals surface area contributed by atoms with Crippen LogP contribution in [0.15, 0.2) is 17.3 Å². The van der Waals surface area contributed by atoms with Crippen LogP contribution in [0.5, 0.6) is 0 Å². The third-order valence-corrected chi connectivity index (χ3v) is 5.33. The lowest BCUT2D eigenvalue weighted by molar-refractivity contribution is -0.113. The van der Waals surface area contributed by atoms with Crippen molar-refractivity contribution in [3.05, 3.63) is 33.0 Å². The highest BCUT2D eigenvalue weighted by Crippen LogP contribution is 2.32.